The summed E-state index contributed by atoms with van der Waals surface area (Å²) in [5, 5.41) is 9.98. The van der Waals surface area contributed by atoms with Gasteiger partial charge in [-0.25, -0.2) is 9.78 Å². The number of carbonyl (C=O) groups is 1. The Bertz CT molecular complexity index is 433. The van der Waals surface area contributed by atoms with E-state index in [4.69, 9.17) is 9.84 Å². The van der Waals surface area contributed by atoms with Crippen molar-refractivity contribution in [1.29, 1.82) is 0 Å². The molecule has 0 aromatic carbocycles. The Labute approximate surface area is 110 Å². The van der Waals surface area contributed by atoms with Crippen LogP contribution in [0, 0.1) is 0 Å². The van der Waals surface area contributed by atoms with Crippen molar-refractivity contribution >= 4 is 22.4 Å². The molecule has 2 heterocycles. The van der Waals surface area contributed by atoms with Gasteiger partial charge in [-0.15, -0.1) is 0 Å². The maximum absolute atomic E-state index is 11.2. The molecule has 1 N–H and O–H groups in total. The summed E-state index contributed by atoms with van der Waals surface area (Å²) in [6, 6.07) is 0.432. The third-order valence-corrected chi connectivity index (χ3v) is 4.33. The highest BCUT2D eigenvalue weighted by Crippen LogP contribution is 2.31. The number of hydrogen-bond donors (Lipinski definition) is 1. The highest BCUT2D eigenvalue weighted by Gasteiger charge is 2.25. The predicted octanol–water partition coefficient (Wildman–Crippen LogP) is 2.37. The van der Waals surface area contributed by atoms with Gasteiger partial charge in [0.05, 0.1) is 12.3 Å². The maximum Gasteiger partial charge on any atom is 0.347 e. The smallest absolute Gasteiger partial charge is 0.347 e. The van der Waals surface area contributed by atoms with Gasteiger partial charge in [-0.1, -0.05) is 11.3 Å². The van der Waals surface area contributed by atoms with Gasteiger partial charge in [0.15, 0.2) is 5.13 Å². The topological polar surface area (TPSA) is 62.7 Å². The number of rotatable bonds is 4. The molecule has 18 heavy (non-hydrogen) atoms. The molecule has 1 atom stereocenters. The normalized spacial score (nSPS) is 20.1. The molecule has 5 nitrogen and oxygen atoms in total. The summed E-state index contributed by atoms with van der Waals surface area (Å²) >= 11 is 1.25. The lowest BCUT2D eigenvalue weighted by molar-refractivity contribution is 0.0697. The molecular formula is C12H18N2O3S. The van der Waals surface area contributed by atoms with Gasteiger partial charge in [-0.2, -0.15) is 0 Å². The number of nitrogens with zero attached hydrogens (tertiary/aromatic N) is 2. The molecule has 1 saturated heterocycles. The fraction of sp³-hybridized carbons (Fsp3) is 0.667. The first kappa shape index (κ1) is 13.3. The van der Waals surface area contributed by atoms with Crippen molar-refractivity contribution in [3.05, 3.63) is 10.6 Å². The third-order valence-electron chi connectivity index (χ3n) is 3.21. The molecule has 6 heteroatoms. The van der Waals surface area contributed by atoms with Crippen LogP contribution in [0.25, 0.3) is 0 Å². The van der Waals surface area contributed by atoms with E-state index in [-0.39, 0.29) is 6.61 Å². The molecule has 1 unspecified atom stereocenters. The van der Waals surface area contributed by atoms with Gasteiger partial charge in [-0.3, -0.25) is 0 Å². The Kier molecular flexibility index (Phi) is 4.19. The van der Waals surface area contributed by atoms with Gasteiger partial charge in [-0.05, 0) is 26.2 Å². The van der Waals surface area contributed by atoms with Crippen molar-refractivity contribution in [2.75, 3.05) is 18.6 Å². The Morgan fingerprint density at radius 2 is 2.39 bits per heavy atom. The largest absolute Gasteiger partial charge is 0.477 e. The Morgan fingerprint density at radius 1 is 1.61 bits per heavy atom. The van der Waals surface area contributed by atoms with E-state index in [1.165, 1.54) is 17.8 Å². The summed E-state index contributed by atoms with van der Waals surface area (Å²) < 4.78 is 5.01. The van der Waals surface area contributed by atoms with E-state index in [0.717, 1.165) is 24.5 Å². The molecule has 0 spiro atoms. The molecule has 0 aliphatic carbocycles. The first-order chi connectivity index (χ1) is 8.63. The second-order valence-electron chi connectivity index (χ2n) is 4.55. The van der Waals surface area contributed by atoms with Gasteiger partial charge in [0, 0.05) is 19.7 Å². The molecule has 1 aromatic heterocycles. The molecule has 2 rings (SSSR count). The fourth-order valence-corrected chi connectivity index (χ4v) is 3.28. The van der Waals surface area contributed by atoms with Crippen molar-refractivity contribution in [1.82, 2.24) is 4.98 Å². The monoisotopic (exact) mass is 270 g/mol. The zero-order valence-corrected chi connectivity index (χ0v) is 11.5. The van der Waals surface area contributed by atoms with E-state index in [9.17, 15) is 4.79 Å². The first-order valence-electron chi connectivity index (χ1n) is 6.12. The lowest BCUT2D eigenvalue weighted by atomic mass is 10.1. The average Bonchev–Trinajstić information content (AvgIpc) is 2.74. The number of piperidine rings is 1. The molecular weight excluding hydrogens is 252 g/mol. The SMILES string of the molecule is COCc1nc(N2CCCCC2C)sc1C(=O)O. The minimum Gasteiger partial charge on any atom is -0.477 e. The van der Waals surface area contributed by atoms with Crippen LogP contribution in [0.3, 0.4) is 0 Å². The van der Waals surface area contributed by atoms with Gasteiger partial charge in [0.2, 0.25) is 0 Å². The van der Waals surface area contributed by atoms with Gasteiger partial charge < -0.3 is 14.7 Å². The first-order valence-corrected chi connectivity index (χ1v) is 6.93. The van der Waals surface area contributed by atoms with Crippen LogP contribution in [0.5, 0.6) is 0 Å². The number of aromatic nitrogens is 1. The summed E-state index contributed by atoms with van der Waals surface area (Å²) in [5.74, 6) is -0.921. The lowest BCUT2D eigenvalue weighted by Crippen LogP contribution is -2.37. The molecule has 1 aliphatic heterocycles. The number of carboxylic acids is 1. The average molecular weight is 270 g/mol. The Morgan fingerprint density at radius 3 is 3.00 bits per heavy atom. The van der Waals surface area contributed by atoms with Crippen LogP contribution < -0.4 is 4.90 Å². The van der Waals surface area contributed by atoms with Gasteiger partial charge in [0.25, 0.3) is 0 Å². The van der Waals surface area contributed by atoms with Crippen molar-refractivity contribution in [2.24, 2.45) is 0 Å². The van der Waals surface area contributed by atoms with E-state index in [0.29, 0.717) is 16.6 Å². The van der Waals surface area contributed by atoms with E-state index in [1.54, 1.807) is 7.11 Å². The number of hydrogen-bond acceptors (Lipinski definition) is 5. The number of anilines is 1. The van der Waals surface area contributed by atoms with Crippen LogP contribution in [0.1, 0.15) is 41.6 Å². The lowest BCUT2D eigenvalue weighted by Gasteiger charge is -2.33. The predicted molar refractivity (Wildman–Crippen MR) is 70.4 cm³/mol. The Hall–Kier alpha value is -1.14. The zero-order valence-electron chi connectivity index (χ0n) is 10.7. The second kappa shape index (κ2) is 5.67. The van der Waals surface area contributed by atoms with Crippen LogP contribution in [-0.2, 0) is 11.3 Å². The maximum atomic E-state index is 11.2. The molecule has 0 bridgehead atoms. The molecule has 1 aliphatic rings. The van der Waals surface area contributed by atoms with E-state index < -0.39 is 5.97 Å². The van der Waals surface area contributed by atoms with E-state index >= 15 is 0 Å². The summed E-state index contributed by atoms with van der Waals surface area (Å²) in [6.07, 6.45) is 3.52. The molecule has 0 amide bonds. The highest BCUT2D eigenvalue weighted by molar-refractivity contribution is 7.17. The summed E-state index contributed by atoms with van der Waals surface area (Å²) in [4.78, 5) is 18.1. The number of carboxylic acid groups (broad SMARTS) is 1. The highest BCUT2D eigenvalue weighted by atomic mass is 32.1. The number of aromatic carboxylic acids is 1. The van der Waals surface area contributed by atoms with Gasteiger partial charge in [0.1, 0.15) is 4.88 Å². The number of methoxy groups -OCH3 is 1. The van der Waals surface area contributed by atoms with Crippen LogP contribution in [0.15, 0.2) is 0 Å². The molecule has 1 aromatic rings. The standard InChI is InChI=1S/C12H18N2O3S/c1-8-5-3-4-6-14(8)12-13-9(7-17-2)10(18-12)11(15)16/h8H,3-7H2,1-2H3,(H,15,16). The summed E-state index contributed by atoms with van der Waals surface area (Å²) in [7, 11) is 1.55. The van der Waals surface area contributed by atoms with Crippen LogP contribution in [0.4, 0.5) is 5.13 Å². The minimum absolute atomic E-state index is 0.250. The quantitative estimate of drug-likeness (QED) is 0.910. The van der Waals surface area contributed by atoms with Crippen LogP contribution in [-0.4, -0.2) is 35.8 Å². The molecule has 100 valence electrons. The van der Waals surface area contributed by atoms with E-state index in [2.05, 4.69) is 16.8 Å². The fourth-order valence-electron chi connectivity index (χ4n) is 2.25. The van der Waals surface area contributed by atoms with Crippen molar-refractivity contribution in [2.45, 2.75) is 38.8 Å². The van der Waals surface area contributed by atoms with Gasteiger partial charge >= 0.3 is 5.97 Å². The second-order valence-corrected chi connectivity index (χ2v) is 5.53. The number of thiazole rings is 1. The van der Waals surface area contributed by atoms with Crippen molar-refractivity contribution < 1.29 is 14.6 Å². The Balaban J connectivity index is 2.27. The number of ether oxygens (including phenoxy) is 1. The summed E-state index contributed by atoms with van der Waals surface area (Å²) in [6.45, 7) is 3.37. The molecule has 1 fully saturated rings. The third kappa shape index (κ3) is 2.64. The van der Waals surface area contributed by atoms with Crippen molar-refractivity contribution in [3.8, 4) is 0 Å². The summed E-state index contributed by atoms with van der Waals surface area (Å²) in [5.41, 5.74) is 0.530. The van der Waals surface area contributed by atoms with Crippen LogP contribution >= 0.6 is 11.3 Å². The van der Waals surface area contributed by atoms with E-state index in [1.807, 2.05) is 0 Å². The molecule has 0 saturated carbocycles. The zero-order chi connectivity index (χ0) is 13.1. The minimum atomic E-state index is -0.921. The van der Waals surface area contributed by atoms with Crippen molar-refractivity contribution in [3.63, 3.8) is 0 Å². The van der Waals surface area contributed by atoms with Crippen LogP contribution in [0.2, 0.25) is 0 Å². The molecule has 0 radical (unpaired) electrons.